The molecular weight excluding hydrogens is 715 g/mol. The molecule has 2 aliphatic heterocycles. The molecule has 0 bridgehead atoms. The highest BCUT2D eigenvalue weighted by molar-refractivity contribution is 6.39. The summed E-state index contributed by atoms with van der Waals surface area (Å²) in [5, 5.41) is 8.08. The molecule has 1 spiro atoms. The molecule has 2 amide bonds. The van der Waals surface area contributed by atoms with Gasteiger partial charge in [-0.25, -0.2) is 9.97 Å². The smallest absolute Gasteiger partial charge is 0.237 e. The molecule has 3 fully saturated rings. The molecule has 1 aliphatic carbocycles. The summed E-state index contributed by atoms with van der Waals surface area (Å²) in [6, 6.07) is 12.1. The predicted octanol–water partition coefficient (Wildman–Crippen LogP) is 5.79. The maximum absolute atomic E-state index is 11.7. The van der Waals surface area contributed by atoms with Crippen molar-refractivity contribution < 1.29 is 19.1 Å². The second-order valence-electron chi connectivity index (χ2n) is 14.3. The molecular formula is C39H44Cl2N8O4. The Labute approximate surface area is 319 Å². The van der Waals surface area contributed by atoms with E-state index in [9.17, 15) is 9.59 Å². The number of aromatic nitrogens is 4. The largest absolute Gasteiger partial charge is 0.480 e. The van der Waals surface area contributed by atoms with Gasteiger partial charge in [-0.1, -0.05) is 59.6 Å². The van der Waals surface area contributed by atoms with Crippen LogP contribution in [0.4, 0.5) is 0 Å². The molecule has 4 heterocycles. The summed E-state index contributed by atoms with van der Waals surface area (Å²) in [6.07, 6.45) is 7.28. The fourth-order valence-corrected chi connectivity index (χ4v) is 8.40. The number of methoxy groups -OCH3 is 2. The van der Waals surface area contributed by atoms with Crippen LogP contribution in [0.3, 0.4) is 0 Å². The Morgan fingerprint density at radius 2 is 1.19 bits per heavy atom. The second-order valence-corrected chi connectivity index (χ2v) is 15.0. The summed E-state index contributed by atoms with van der Waals surface area (Å²) in [5.74, 6) is 1.11. The Kier molecular flexibility index (Phi) is 10.8. The lowest BCUT2D eigenvalue weighted by Crippen LogP contribution is -2.66. The number of nitrogens with one attached hydrogen (secondary N) is 2. The van der Waals surface area contributed by atoms with E-state index < -0.39 is 0 Å². The molecule has 0 atom stereocenters. The average Bonchev–Trinajstić information content (AvgIpc) is 3.13. The van der Waals surface area contributed by atoms with Crippen molar-refractivity contribution in [2.45, 2.75) is 64.7 Å². The third-order valence-electron chi connectivity index (χ3n) is 10.8. The van der Waals surface area contributed by atoms with E-state index in [1.165, 1.54) is 0 Å². The van der Waals surface area contributed by atoms with Gasteiger partial charge in [-0.3, -0.25) is 19.6 Å². The minimum atomic E-state index is 0.116. The van der Waals surface area contributed by atoms with Gasteiger partial charge >= 0.3 is 0 Å². The third-order valence-corrected chi connectivity index (χ3v) is 11.6. The van der Waals surface area contributed by atoms with Crippen molar-refractivity contribution >= 4 is 35.0 Å². The highest BCUT2D eigenvalue weighted by Gasteiger charge is 2.52. The molecule has 7 rings (SSSR count). The zero-order chi connectivity index (χ0) is 37.3. The zero-order valence-corrected chi connectivity index (χ0v) is 31.9. The van der Waals surface area contributed by atoms with Gasteiger partial charge in [0.1, 0.15) is 11.4 Å². The highest BCUT2D eigenvalue weighted by atomic mass is 35.5. The van der Waals surface area contributed by atoms with E-state index in [2.05, 4.69) is 10.6 Å². The van der Waals surface area contributed by atoms with Crippen LogP contribution >= 0.6 is 23.2 Å². The van der Waals surface area contributed by atoms with Crippen molar-refractivity contribution in [3.8, 4) is 45.4 Å². The Bertz CT molecular complexity index is 2010. The monoisotopic (exact) mass is 758 g/mol. The van der Waals surface area contributed by atoms with Crippen molar-refractivity contribution in [3.63, 3.8) is 0 Å². The van der Waals surface area contributed by atoms with E-state index in [0.717, 1.165) is 63.0 Å². The number of hydrogen-bond acceptors (Lipinski definition) is 10. The number of piperidine rings is 1. The number of likely N-dealkylation sites (tertiary alicyclic amines) is 2. The number of hydrogen-bond donors (Lipinski definition) is 2. The van der Waals surface area contributed by atoms with Crippen LogP contribution < -0.4 is 20.1 Å². The maximum atomic E-state index is 11.7. The van der Waals surface area contributed by atoms with Crippen LogP contribution in [-0.4, -0.2) is 94.0 Å². The van der Waals surface area contributed by atoms with Gasteiger partial charge in [-0.2, -0.15) is 0 Å². The Hall–Kier alpha value is -4.36. The molecule has 12 nitrogen and oxygen atoms in total. The van der Waals surface area contributed by atoms with E-state index >= 15 is 0 Å². The fourth-order valence-electron chi connectivity index (χ4n) is 7.75. The SMILES string of the molecule is COc1nc(-c2cccc(-c3cccc(-c4cnc(CNC5CC6(C5)CN(C(C)=O)C6)c(OC)n4)c3Cl)c2Cl)cnc1CNC1CCN(C(C)=O)CC1. The molecule has 14 heteroatoms. The molecule has 3 aliphatic rings. The van der Waals surface area contributed by atoms with Crippen LogP contribution in [0.2, 0.25) is 10.0 Å². The number of amides is 2. The van der Waals surface area contributed by atoms with E-state index in [4.69, 9.17) is 52.6 Å². The first-order chi connectivity index (χ1) is 25.6. The number of carbonyl (C=O) groups is 2. The summed E-state index contributed by atoms with van der Waals surface area (Å²) in [5.41, 5.74) is 5.68. The molecule has 1 saturated carbocycles. The van der Waals surface area contributed by atoms with Crippen LogP contribution in [0, 0.1) is 5.41 Å². The summed E-state index contributed by atoms with van der Waals surface area (Å²) < 4.78 is 11.3. The fraction of sp³-hybridized carbons (Fsp3) is 0.436. The predicted molar refractivity (Wildman–Crippen MR) is 204 cm³/mol. The van der Waals surface area contributed by atoms with Crippen LogP contribution in [0.15, 0.2) is 48.8 Å². The third kappa shape index (κ3) is 7.68. The van der Waals surface area contributed by atoms with Crippen molar-refractivity contribution in [1.29, 1.82) is 0 Å². The number of nitrogens with zero attached hydrogens (tertiary/aromatic N) is 6. The molecule has 4 aromatic rings. The van der Waals surface area contributed by atoms with Crippen molar-refractivity contribution in [2.75, 3.05) is 40.4 Å². The van der Waals surface area contributed by atoms with Gasteiger partial charge in [-0.05, 0) is 25.7 Å². The lowest BCUT2D eigenvalue weighted by Gasteiger charge is -2.59. The normalized spacial score (nSPS) is 17.0. The van der Waals surface area contributed by atoms with E-state index in [1.54, 1.807) is 40.5 Å². The minimum absolute atomic E-state index is 0.116. The topological polar surface area (TPSA) is 135 Å². The Balaban J connectivity index is 1.05. The van der Waals surface area contributed by atoms with Crippen molar-refractivity contribution in [1.82, 2.24) is 40.4 Å². The van der Waals surface area contributed by atoms with Gasteiger partial charge in [0.15, 0.2) is 0 Å². The number of ether oxygens (including phenoxy) is 2. The van der Waals surface area contributed by atoms with Gasteiger partial charge in [0.05, 0.1) is 48.0 Å². The Morgan fingerprint density at radius 3 is 1.64 bits per heavy atom. The summed E-state index contributed by atoms with van der Waals surface area (Å²) >= 11 is 14.2. The average molecular weight is 760 g/mol. The first-order valence-corrected chi connectivity index (χ1v) is 18.7. The lowest BCUT2D eigenvalue weighted by molar-refractivity contribution is -0.149. The van der Waals surface area contributed by atoms with Crippen molar-refractivity contribution in [3.05, 3.63) is 70.2 Å². The molecule has 2 N–H and O–H groups in total. The van der Waals surface area contributed by atoms with E-state index in [-0.39, 0.29) is 23.3 Å². The summed E-state index contributed by atoms with van der Waals surface area (Å²) in [6.45, 7) is 7.46. The standard InChI is InChI=1S/C39H44Cl2N8O4/c1-23(50)48-13-11-25(12-14-48)42-19-33-37(52-3)46-31(17-44-33)29-9-5-7-27(35(29)40)28-8-6-10-30(36(28)41)32-18-45-34(38(47-32)53-4)20-43-26-15-39(16-26)21-49(22-39)24(2)51/h5-10,17-18,25-26,42-43H,11-16,19-22H2,1-4H3. The highest BCUT2D eigenvalue weighted by Crippen LogP contribution is 2.48. The Morgan fingerprint density at radius 1 is 0.736 bits per heavy atom. The van der Waals surface area contributed by atoms with Crippen LogP contribution in [0.25, 0.3) is 33.6 Å². The lowest BCUT2D eigenvalue weighted by atomic mass is 9.60. The van der Waals surface area contributed by atoms with E-state index in [1.807, 2.05) is 46.2 Å². The molecule has 2 saturated heterocycles. The zero-order valence-electron chi connectivity index (χ0n) is 30.4. The van der Waals surface area contributed by atoms with Crippen LogP contribution in [-0.2, 0) is 22.7 Å². The molecule has 2 aromatic heterocycles. The number of halogens is 2. The molecule has 0 unspecified atom stereocenters. The number of carbonyl (C=O) groups excluding carboxylic acids is 2. The molecule has 2 aromatic carbocycles. The van der Waals surface area contributed by atoms with Gasteiger partial charge in [-0.15, -0.1) is 0 Å². The van der Waals surface area contributed by atoms with Crippen LogP contribution in [0.1, 0.15) is 50.9 Å². The quantitative estimate of drug-likeness (QED) is 0.194. The maximum Gasteiger partial charge on any atom is 0.237 e. The second kappa shape index (κ2) is 15.5. The number of rotatable bonds is 11. The van der Waals surface area contributed by atoms with Gasteiger partial charge in [0.2, 0.25) is 23.6 Å². The van der Waals surface area contributed by atoms with Gasteiger partial charge in [0, 0.05) is 92.9 Å². The van der Waals surface area contributed by atoms with Gasteiger partial charge in [0.25, 0.3) is 0 Å². The first kappa shape index (κ1) is 37.0. The molecule has 278 valence electrons. The van der Waals surface area contributed by atoms with Crippen molar-refractivity contribution in [2.24, 2.45) is 5.41 Å². The molecule has 53 heavy (non-hydrogen) atoms. The summed E-state index contributed by atoms with van der Waals surface area (Å²) in [7, 11) is 3.17. The minimum Gasteiger partial charge on any atom is -0.480 e. The molecule has 0 radical (unpaired) electrons. The number of benzene rings is 2. The summed E-state index contributed by atoms with van der Waals surface area (Å²) in [4.78, 5) is 46.1. The first-order valence-electron chi connectivity index (χ1n) is 17.9. The van der Waals surface area contributed by atoms with Crippen LogP contribution in [0.5, 0.6) is 11.8 Å². The van der Waals surface area contributed by atoms with Gasteiger partial charge < -0.3 is 29.9 Å². The van der Waals surface area contributed by atoms with E-state index in [0.29, 0.717) is 74.8 Å².